The molecule has 0 radical (unpaired) electrons. The Morgan fingerprint density at radius 1 is 1.04 bits per heavy atom. The maximum atomic E-state index is 5.43. The summed E-state index contributed by atoms with van der Waals surface area (Å²) in [6, 6.07) is 14.1. The Bertz CT molecular complexity index is 1070. The molecule has 4 aromatic rings. The lowest BCUT2D eigenvalue weighted by molar-refractivity contribution is 0.174. The zero-order valence-electron chi connectivity index (χ0n) is 13.5. The van der Waals surface area contributed by atoms with Gasteiger partial charge in [0.15, 0.2) is 17.3 Å². The van der Waals surface area contributed by atoms with E-state index >= 15 is 0 Å². The SMILES string of the molecule is c1ccc2c(c1)nc(NCCc1ccc3c(c1)OCO3)c1cncn12. The number of nitrogens with one attached hydrogen (secondary N) is 1. The quantitative estimate of drug-likeness (QED) is 0.621. The van der Waals surface area contributed by atoms with E-state index in [4.69, 9.17) is 14.5 Å². The van der Waals surface area contributed by atoms with Crippen molar-refractivity contribution in [1.29, 1.82) is 0 Å². The number of hydrogen-bond donors (Lipinski definition) is 1. The number of para-hydroxylation sites is 2. The van der Waals surface area contributed by atoms with Crippen molar-refractivity contribution in [2.75, 3.05) is 18.7 Å². The van der Waals surface area contributed by atoms with Crippen LogP contribution in [0.5, 0.6) is 11.5 Å². The highest BCUT2D eigenvalue weighted by atomic mass is 16.7. The normalized spacial score (nSPS) is 12.8. The molecular formula is C19H16N4O2. The third-order valence-electron chi connectivity index (χ3n) is 4.40. The molecule has 1 aliphatic heterocycles. The fraction of sp³-hybridized carbons (Fsp3) is 0.158. The molecule has 1 N–H and O–H groups in total. The fourth-order valence-corrected chi connectivity index (χ4v) is 3.15. The summed E-state index contributed by atoms with van der Waals surface area (Å²) in [6.45, 7) is 1.07. The predicted octanol–water partition coefficient (Wildman–Crippen LogP) is 3.27. The van der Waals surface area contributed by atoms with E-state index in [9.17, 15) is 0 Å². The van der Waals surface area contributed by atoms with Gasteiger partial charge in [-0.25, -0.2) is 9.97 Å². The summed E-state index contributed by atoms with van der Waals surface area (Å²) in [6.07, 6.45) is 4.52. The zero-order valence-corrected chi connectivity index (χ0v) is 13.5. The summed E-state index contributed by atoms with van der Waals surface area (Å²) in [5.41, 5.74) is 4.17. The van der Waals surface area contributed by atoms with Crippen LogP contribution < -0.4 is 14.8 Å². The summed E-state index contributed by atoms with van der Waals surface area (Å²) >= 11 is 0. The van der Waals surface area contributed by atoms with E-state index in [1.54, 1.807) is 0 Å². The number of benzene rings is 2. The van der Waals surface area contributed by atoms with Crippen LogP contribution >= 0.6 is 0 Å². The van der Waals surface area contributed by atoms with Gasteiger partial charge in [-0.3, -0.25) is 4.40 Å². The molecule has 5 rings (SSSR count). The minimum Gasteiger partial charge on any atom is -0.454 e. The lowest BCUT2D eigenvalue weighted by Gasteiger charge is -2.10. The second kappa shape index (κ2) is 5.66. The molecule has 0 aliphatic carbocycles. The summed E-state index contributed by atoms with van der Waals surface area (Å²) in [5, 5.41) is 3.44. The summed E-state index contributed by atoms with van der Waals surface area (Å²) in [7, 11) is 0. The van der Waals surface area contributed by atoms with Crippen molar-refractivity contribution in [3.05, 3.63) is 60.6 Å². The van der Waals surface area contributed by atoms with Crippen LogP contribution in [0.15, 0.2) is 55.0 Å². The summed E-state index contributed by atoms with van der Waals surface area (Å²) < 4.78 is 12.8. The molecular weight excluding hydrogens is 316 g/mol. The first-order valence-corrected chi connectivity index (χ1v) is 8.22. The third-order valence-corrected chi connectivity index (χ3v) is 4.40. The standard InChI is InChI=1S/C19H16N4O2/c1-2-4-15-14(3-1)22-19(16-10-20-11-23(15)16)21-8-7-13-5-6-17-18(9-13)25-12-24-17/h1-6,9-11H,7-8,12H2,(H,21,22). The van der Waals surface area contributed by atoms with Crippen LogP contribution in [-0.2, 0) is 6.42 Å². The van der Waals surface area contributed by atoms with Gasteiger partial charge >= 0.3 is 0 Å². The van der Waals surface area contributed by atoms with Crippen molar-refractivity contribution in [1.82, 2.24) is 14.4 Å². The van der Waals surface area contributed by atoms with Crippen LogP contribution in [0.1, 0.15) is 5.56 Å². The molecule has 0 spiro atoms. The number of fused-ring (bicyclic) bond motifs is 4. The molecule has 0 amide bonds. The molecule has 25 heavy (non-hydrogen) atoms. The Kier molecular flexibility index (Phi) is 3.19. The molecule has 0 saturated heterocycles. The van der Waals surface area contributed by atoms with Gasteiger partial charge in [0.2, 0.25) is 6.79 Å². The maximum absolute atomic E-state index is 5.43. The maximum Gasteiger partial charge on any atom is 0.231 e. The topological polar surface area (TPSA) is 60.7 Å². The van der Waals surface area contributed by atoms with E-state index in [1.807, 2.05) is 48.9 Å². The molecule has 2 aromatic carbocycles. The molecule has 0 fully saturated rings. The van der Waals surface area contributed by atoms with E-state index in [-0.39, 0.29) is 0 Å². The minimum absolute atomic E-state index is 0.303. The summed E-state index contributed by atoms with van der Waals surface area (Å²) in [5.74, 6) is 2.48. The lowest BCUT2D eigenvalue weighted by Crippen LogP contribution is -2.08. The van der Waals surface area contributed by atoms with Gasteiger partial charge in [-0.1, -0.05) is 18.2 Å². The first-order chi connectivity index (χ1) is 12.4. The summed E-state index contributed by atoms with van der Waals surface area (Å²) in [4.78, 5) is 9.02. The minimum atomic E-state index is 0.303. The highest BCUT2D eigenvalue weighted by Gasteiger charge is 2.13. The Labute approximate surface area is 144 Å². The van der Waals surface area contributed by atoms with Gasteiger partial charge in [-0.15, -0.1) is 0 Å². The Morgan fingerprint density at radius 3 is 2.96 bits per heavy atom. The molecule has 0 saturated carbocycles. The molecule has 6 heteroatoms. The number of nitrogens with zero attached hydrogens (tertiary/aromatic N) is 3. The molecule has 0 atom stereocenters. The average molecular weight is 332 g/mol. The highest BCUT2D eigenvalue weighted by Crippen LogP contribution is 2.32. The largest absolute Gasteiger partial charge is 0.454 e. The lowest BCUT2D eigenvalue weighted by atomic mass is 10.1. The van der Waals surface area contributed by atoms with Crippen molar-refractivity contribution in [3.8, 4) is 11.5 Å². The van der Waals surface area contributed by atoms with Crippen molar-refractivity contribution < 1.29 is 9.47 Å². The van der Waals surface area contributed by atoms with Crippen molar-refractivity contribution in [3.63, 3.8) is 0 Å². The van der Waals surface area contributed by atoms with Crippen molar-refractivity contribution in [2.24, 2.45) is 0 Å². The smallest absolute Gasteiger partial charge is 0.231 e. The first-order valence-electron chi connectivity index (χ1n) is 8.22. The fourth-order valence-electron chi connectivity index (χ4n) is 3.15. The van der Waals surface area contributed by atoms with E-state index in [1.165, 1.54) is 5.56 Å². The predicted molar refractivity (Wildman–Crippen MR) is 95.3 cm³/mol. The van der Waals surface area contributed by atoms with Crippen LogP contribution in [0.4, 0.5) is 5.82 Å². The number of imidazole rings is 1. The van der Waals surface area contributed by atoms with Crippen molar-refractivity contribution in [2.45, 2.75) is 6.42 Å². The van der Waals surface area contributed by atoms with Crippen LogP contribution in [0, 0.1) is 0 Å². The first kappa shape index (κ1) is 14.1. The van der Waals surface area contributed by atoms with Crippen LogP contribution in [-0.4, -0.2) is 27.7 Å². The molecule has 124 valence electrons. The number of anilines is 1. The molecule has 0 unspecified atom stereocenters. The molecule has 3 heterocycles. The van der Waals surface area contributed by atoms with E-state index in [0.29, 0.717) is 6.79 Å². The number of rotatable bonds is 4. The van der Waals surface area contributed by atoms with Crippen LogP contribution in [0.25, 0.3) is 16.6 Å². The van der Waals surface area contributed by atoms with Gasteiger partial charge in [0.05, 0.1) is 23.6 Å². The van der Waals surface area contributed by atoms with E-state index < -0.39 is 0 Å². The Hall–Kier alpha value is -3.28. The number of aromatic nitrogens is 3. The Morgan fingerprint density at radius 2 is 1.96 bits per heavy atom. The molecule has 2 aromatic heterocycles. The molecule has 1 aliphatic rings. The highest BCUT2D eigenvalue weighted by molar-refractivity contribution is 5.84. The van der Waals surface area contributed by atoms with E-state index in [2.05, 4.69) is 20.8 Å². The van der Waals surface area contributed by atoms with Crippen molar-refractivity contribution >= 4 is 22.4 Å². The molecule has 6 nitrogen and oxygen atoms in total. The molecule has 0 bridgehead atoms. The monoisotopic (exact) mass is 332 g/mol. The second-order valence-electron chi connectivity index (χ2n) is 5.96. The van der Waals surface area contributed by atoms with Gasteiger partial charge < -0.3 is 14.8 Å². The van der Waals surface area contributed by atoms with Gasteiger partial charge in [0, 0.05) is 6.54 Å². The van der Waals surface area contributed by atoms with Gasteiger partial charge in [0.1, 0.15) is 5.52 Å². The number of ether oxygens (including phenoxy) is 2. The van der Waals surface area contributed by atoms with Gasteiger partial charge in [0.25, 0.3) is 0 Å². The second-order valence-corrected chi connectivity index (χ2v) is 5.96. The average Bonchev–Trinajstić information content (AvgIpc) is 3.31. The van der Waals surface area contributed by atoms with Crippen LogP contribution in [0.3, 0.4) is 0 Å². The zero-order chi connectivity index (χ0) is 16.6. The Balaban J connectivity index is 1.39. The number of hydrogen-bond acceptors (Lipinski definition) is 5. The van der Waals surface area contributed by atoms with Crippen LogP contribution in [0.2, 0.25) is 0 Å². The third kappa shape index (κ3) is 2.42. The van der Waals surface area contributed by atoms with E-state index in [0.717, 1.165) is 46.8 Å². The van der Waals surface area contributed by atoms with Gasteiger partial charge in [-0.05, 0) is 36.2 Å². The van der Waals surface area contributed by atoms with Gasteiger partial charge in [-0.2, -0.15) is 0 Å².